The molecule has 0 saturated heterocycles. The summed E-state index contributed by atoms with van der Waals surface area (Å²) in [6.07, 6.45) is 3.61. The molecule has 68 valence electrons. The van der Waals surface area contributed by atoms with Crippen LogP contribution in [0.1, 0.15) is 25.6 Å². The van der Waals surface area contributed by atoms with Crippen molar-refractivity contribution in [2.24, 2.45) is 7.05 Å². The van der Waals surface area contributed by atoms with Crippen LogP contribution < -0.4 is 0 Å². The summed E-state index contributed by atoms with van der Waals surface area (Å²) in [5.41, 5.74) is 2.13. The van der Waals surface area contributed by atoms with Crippen LogP contribution in [-0.2, 0) is 7.05 Å². The molecule has 0 bridgehead atoms. The zero-order chi connectivity index (χ0) is 9.42. The highest BCUT2D eigenvalue weighted by Gasteiger charge is 2.09. The van der Waals surface area contributed by atoms with Crippen LogP contribution in [0.2, 0.25) is 0 Å². The second-order valence-electron chi connectivity index (χ2n) is 3.55. The highest BCUT2D eigenvalue weighted by atomic mass is 15.1. The van der Waals surface area contributed by atoms with Crippen LogP contribution in [0.25, 0.3) is 11.0 Å². The smallest absolute Gasteiger partial charge is 0.112 e. The first kappa shape index (κ1) is 8.23. The van der Waals surface area contributed by atoms with E-state index >= 15 is 0 Å². The normalized spacial score (nSPS) is 11.4. The molecule has 0 saturated carbocycles. The fourth-order valence-corrected chi connectivity index (χ4v) is 1.59. The van der Waals surface area contributed by atoms with Gasteiger partial charge in [-0.15, -0.1) is 0 Å². The van der Waals surface area contributed by atoms with Gasteiger partial charge in [0.15, 0.2) is 0 Å². The molecule has 0 unspecified atom stereocenters. The van der Waals surface area contributed by atoms with Gasteiger partial charge in [0.05, 0.1) is 11.7 Å². The minimum atomic E-state index is 0.456. The van der Waals surface area contributed by atoms with Crippen molar-refractivity contribution in [1.82, 2.24) is 14.5 Å². The molecule has 2 aromatic heterocycles. The average molecular weight is 175 g/mol. The fourth-order valence-electron chi connectivity index (χ4n) is 1.59. The Morgan fingerprint density at radius 3 is 2.77 bits per heavy atom. The Labute approximate surface area is 77.4 Å². The Hall–Kier alpha value is -1.38. The van der Waals surface area contributed by atoms with Crippen molar-refractivity contribution >= 4 is 11.0 Å². The molecule has 3 nitrogen and oxygen atoms in total. The first-order valence-corrected chi connectivity index (χ1v) is 4.46. The maximum absolute atomic E-state index is 4.51. The first-order chi connectivity index (χ1) is 6.20. The van der Waals surface area contributed by atoms with Crippen molar-refractivity contribution in [2.45, 2.75) is 19.8 Å². The van der Waals surface area contributed by atoms with Gasteiger partial charge in [0.2, 0.25) is 0 Å². The van der Waals surface area contributed by atoms with E-state index in [-0.39, 0.29) is 0 Å². The maximum Gasteiger partial charge on any atom is 0.112 e. The monoisotopic (exact) mass is 175 g/mol. The summed E-state index contributed by atoms with van der Waals surface area (Å²) in [6.45, 7) is 4.29. The molecule has 0 aliphatic heterocycles. The first-order valence-electron chi connectivity index (χ1n) is 4.46. The molecule has 13 heavy (non-hydrogen) atoms. The van der Waals surface area contributed by atoms with Crippen LogP contribution in [0.3, 0.4) is 0 Å². The molecule has 0 fully saturated rings. The molecule has 0 radical (unpaired) electrons. The standard InChI is InChI=1S/C10H13N3/c1-7(2)10-12-8-6-11-5-4-9(8)13(10)3/h4-7H,1-3H3. The summed E-state index contributed by atoms with van der Waals surface area (Å²) in [5, 5.41) is 0. The molecule has 2 heterocycles. The molecule has 0 atom stereocenters. The van der Waals surface area contributed by atoms with Gasteiger partial charge in [-0.2, -0.15) is 0 Å². The van der Waals surface area contributed by atoms with Crippen molar-refractivity contribution in [2.75, 3.05) is 0 Å². The molecule has 0 N–H and O–H groups in total. The highest BCUT2D eigenvalue weighted by Crippen LogP contribution is 2.18. The van der Waals surface area contributed by atoms with E-state index in [2.05, 4.69) is 28.4 Å². The zero-order valence-electron chi connectivity index (χ0n) is 8.15. The topological polar surface area (TPSA) is 30.7 Å². The van der Waals surface area contributed by atoms with Gasteiger partial charge in [0.25, 0.3) is 0 Å². The van der Waals surface area contributed by atoms with Gasteiger partial charge >= 0.3 is 0 Å². The summed E-state index contributed by atoms with van der Waals surface area (Å²) < 4.78 is 2.13. The molecular formula is C10H13N3. The quantitative estimate of drug-likeness (QED) is 0.664. The summed E-state index contributed by atoms with van der Waals surface area (Å²) >= 11 is 0. The third-order valence-corrected chi connectivity index (χ3v) is 2.23. The van der Waals surface area contributed by atoms with Crippen LogP contribution in [0.4, 0.5) is 0 Å². The lowest BCUT2D eigenvalue weighted by atomic mass is 10.2. The van der Waals surface area contributed by atoms with E-state index < -0.39 is 0 Å². The Kier molecular flexibility index (Phi) is 1.79. The van der Waals surface area contributed by atoms with E-state index in [0.29, 0.717) is 5.92 Å². The lowest BCUT2D eigenvalue weighted by molar-refractivity contribution is 0.722. The molecule has 0 amide bonds. The van der Waals surface area contributed by atoms with Gasteiger partial charge in [-0.1, -0.05) is 13.8 Å². The Morgan fingerprint density at radius 1 is 1.38 bits per heavy atom. The third kappa shape index (κ3) is 1.20. The zero-order valence-corrected chi connectivity index (χ0v) is 8.15. The summed E-state index contributed by atoms with van der Waals surface area (Å²) in [7, 11) is 2.05. The van der Waals surface area contributed by atoms with Gasteiger partial charge in [0, 0.05) is 19.2 Å². The molecule has 3 heteroatoms. The van der Waals surface area contributed by atoms with E-state index in [1.165, 1.54) is 0 Å². The number of rotatable bonds is 1. The minimum Gasteiger partial charge on any atom is -0.331 e. The van der Waals surface area contributed by atoms with Crippen molar-refractivity contribution in [3.8, 4) is 0 Å². The largest absolute Gasteiger partial charge is 0.331 e. The number of aromatic nitrogens is 3. The maximum atomic E-state index is 4.51. The van der Waals surface area contributed by atoms with Gasteiger partial charge in [-0.3, -0.25) is 4.98 Å². The minimum absolute atomic E-state index is 0.456. The number of nitrogens with zero attached hydrogens (tertiary/aromatic N) is 3. The number of fused-ring (bicyclic) bond motifs is 1. The van der Waals surface area contributed by atoms with E-state index in [4.69, 9.17) is 0 Å². The molecule has 0 aliphatic rings. The number of aryl methyl sites for hydroxylation is 1. The average Bonchev–Trinajstić information content (AvgIpc) is 2.45. The van der Waals surface area contributed by atoms with Crippen LogP contribution in [0, 0.1) is 0 Å². The van der Waals surface area contributed by atoms with E-state index in [1.807, 2.05) is 13.1 Å². The SMILES string of the molecule is CC(C)c1nc2cnccc2n1C. The Balaban J connectivity index is 2.74. The molecule has 2 rings (SSSR count). The molecule has 0 aromatic carbocycles. The van der Waals surface area contributed by atoms with Gasteiger partial charge in [-0.05, 0) is 6.07 Å². The van der Waals surface area contributed by atoms with Crippen LogP contribution in [0.15, 0.2) is 18.5 Å². The van der Waals surface area contributed by atoms with Gasteiger partial charge in [-0.25, -0.2) is 4.98 Å². The summed E-state index contributed by atoms with van der Waals surface area (Å²) in [5.74, 6) is 1.57. The lowest BCUT2D eigenvalue weighted by Crippen LogP contribution is -1.99. The van der Waals surface area contributed by atoms with Crippen molar-refractivity contribution < 1.29 is 0 Å². The van der Waals surface area contributed by atoms with Crippen LogP contribution in [-0.4, -0.2) is 14.5 Å². The second-order valence-corrected chi connectivity index (χ2v) is 3.55. The van der Waals surface area contributed by atoms with E-state index in [0.717, 1.165) is 16.9 Å². The molecular weight excluding hydrogens is 162 g/mol. The number of hydrogen-bond donors (Lipinski definition) is 0. The molecule has 0 spiro atoms. The Morgan fingerprint density at radius 2 is 2.15 bits per heavy atom. The van der Waals surface area contributed by atoms with Crippen LogP contribution in [0.5, 0.6) is 0 Å². The fraction of sp³-hybridized carbons (Fsp3) is 0.400. The van der Waals surface area contributed by atoms with Crippen molar-refractivity contribution in [3.63, 3.8) is 0 Å². The predicted octanol–water partition coefficient (Wildman–Crippen LogP) is 2.09. The third-order valence-electron chi connectivity index (χ3n) is 2.23. The highest BCUT2D eigenvalue weighted by molar-refractivity contribution is 5.74. The summed E-state index contributed by atoms with van der Waals surface area (Å²) in [6, 6.07) is 1.99. The molecule has 2 aromatic rings. The van der Waals surface area contributed by atoms with Gasteiger partial charge < -0.3 is 4.57 Å². The summed E-state index contributed by atoms with van der Waals surface area (Å²) in [4.78, 5) is 8.56. The second kappa shape index (κ2) is 2.83. The number of pyridine rings is 1. The van der Waals surface area contributed by atoms with Crippen molar-refractivity contribution in [1.29, 1.82) is 0 Å². The number of hydrogen-bond acceptors (Lipinski definition) is 2. The van der Waals surface area contributed by atoms with E-state index in [9.17, 15) is 0 Å². The lowest BCUT2D eigenvalue weighted by Gasteiger charge is -2.03. The molecule has 0 aliphatic carbocycles. The Bertz CT molecular complexity index is 429. The van der Waals surface area contributed by atoms with E-state index in [1.54, 1.807) is 12.4 Å². The van der Waals surface area contributed by atoms with Gasteiger partial charge in [0.1, 0.15) is 11.3 Å². The van der Waals surface area contributed by atoms with Crippen LogP contribution >= 0.6 is 0 Å². The number of imidazole rings is 1. The van der Waals surface area contributed by atoms with Crippen molar-refractivity contribution in [3.05, 3.63) is 24.3 Å². The predicted molar refractivity (Wildman–Crippen MR) is 52.6 cm³/mol.